The predicted molar refractivity (Wildman–Crippen MR) is 75.6 cm³/mol. The highest BCUT2D eigenvalue weighted by atomic mass is 79.9. The summed E-state index contributed by atoms with van der Waals surface area (Å²) in [6, 6.07) is 3.02. The summed E-state index contributed by atoms with van der Waals surface area (Å²) < 4.78 is 51.7. The van der Waals surface area contributed by atoms with E-state index in [0.29, 0.717) is 12.8 Å². The number of nitrogens with zero attached hydrogens (tertiary/aromatic N) is 1. The summed E-state index contributed by atoms with van der Waals surface area (Å²) >= 11 is 2.94. The highest BCUT2D eigenvalue weighted by Gasteiger charge is 2.36. The minimum absolute atomic E-state index is 0.0909. The van der Waals surface area contributed by atoms with Gasteiger partial charge in [-0.15, -0.1) is 0 Å². The van der Waals surface area contributed by atoms with E-state index in [4.69, 9.17) is 0 Å². The van der Waals surface area contributed by atoms with Gasteiger partial charge in [-0.3, -0.25) is 4.79 Å². The Morgan fingerprint density at radius 1 is 1.29 bits per heavy atom. The lowest BCUT2D eigenvalue weighted by Crippen LogP contribution is -2.45. The quantitative estimate of drug-likeness (QED) is 0.683. The molecule has 118 valence electrons. The highest BCUT2D eigenvalue weighted by molar-refractivity contribution is 9.10. The molecule has 21 heavy (non-hydrogen) atoms. The lowest BCUT2D eigenvalue weighted by atomic mass is 10.1. The number of alkyl halides is 3. The van der Waals surface area contributed by atoms with Crippen LogP contribution in [0.25, 0.3) is 0 Å². The molecule has 1 aromatic carbocycles. The number of carbonyl (C=O) groups is 1. The van der Waals surface area contributed by atoms with Crippen LogP contribution in [0.1, 0.15) is 37.0 Å². The van der Waals surface area contributed by atoms with Gasteiger partial charge in [-0.25, -0.2) is 4.39 Å². The Bertz CT molecular complexity index is 500. The molecule has 1 amide bonds. The van der Waals surface area contributed by atoms with Crippen molar-refractivity contribution in [2.45, 2.75) is 38.9 Å². The molecule has 0 saturated heterocycles. The van der Waals surface area contributed by atoms with Gasteiger partial charge in [0.1, 0.15) is 12.4 Å². The molecule has 0 aliphatic carbocycles. The fourth-order valence-corrected chi connectivity index (χ4v) is 2.33. The maximum Gasteiger partial charge on any atom is 0.406 e. The van der Waals surface area contributed by atoms with Crippen molar-refractivity contribution in [2.75, 3.05) is 6.54 Å². The fraction of sp³-hybridized carbons (Fsp3) is 0.500. The van der Waals surface area contributed by atoms with Crippen LogP contribution in [-0.2, 0) is 0 Å². The number of rotatable bonds is 5. The van der Waals surface area contributed by atoms with Gasteiger partial charge in [0.25, 0.3) is 5.91 Å². The Kier molecular flexibility index (Phi) is 6.19. The second kappa shape index (κ2) is 7.24. The van der Waals surface area contributed by atoms with Crippen LogP contribution in [0.2, 0.25) is 0 Å². The normalized spacial score (nSPS) is 11.8. The molecule has 0 bridgehead atoms. The zero-order chi connectivity index (χ0) is 16.2. The van der Waals surface area contributed by atoms with Crippen LogP contribution in [0.5, 0.6) is 0 Å². The average Bonchev–Trinajstić information content (AvgIpc) is 2.40. The van der Waals surface area contributed by atoms with Gasteiger partial charge in [0.2, 0.25) is 0 Å². The van der Waals surface area contributed by atoms with Crippen molar-refractivity contribution in [3.8, 4) is 0 Å². The largest absolute Gasteiger partial charge is 0.406 e. The summed E-state index contributed by atoms with van der Waals surface area (Å²) in [6.07, 6.45) is -3.69. The molecule has 0 radical (unpaired) electrons. The van der Waals surface area contributed by atoms with Gasteiger partial charge >= 0.3 is 6.18 Å². The van der Waals surface area contributed by atoms with Gasteiger partial charge in [0, 0.05) is 11.6 Å². The first-order valence-corrected chi connectivity index (χ1v) is 7.31. The van der Waals surface area contributed by atoms with Crippen LogP contribution in [0.4, 0.5) is 17.6 Å². The molecule has 0 heterocycles. The van der Waals surface area contributed by atoms with E-state index in [1.165, 1.54) is 12.1 Å². The zero-order valence-electron chi connectivity index (χ0n) is 11.7. The first-order chi connectivity index (χ1) is 9.69. The number of amides is 1. The van der Waals surface area contributed by atoms with Gasteiger partial charge in [-0.1, -0.05) is 13.8 Å². The topological polar surface area (TPSA) is 20.3 Å². The fourth-order valence-electron chi connectivity index (χ4n) is 2.08. The molecule has 0 aromatic heterocycles. The van der Waals surface area contributed by atoms with E-state index in [2.05, 4.69) is 15.9 Å². The van der Waals surface area contributed by atoms with Gasteiger partial charge < -0.3 is 4.90 Å². The maximum absolute atomic E-state index is 13.5. The molecule has 0 saturated carbocycles. The first-order valence-electron chi connectivity index (χ1n) is 6.52. The van der Waals surface area contributed by atoms with Gasteiger partial charge in [-0.2, -0.15) is 13.2 Å². The first kappa shape index (κ1) is 17.9. The number of carbonyl (C=O) groups excluding carboxylic acids is 1. The second-order valence-electron chi connectivity index (χ2n) is 4.65. The molecule has 1 aromatic rings. The molecule has 0 spiro atoms. The number of hydrogen-bond acceptors (Lipinski definition) is 1. The van der Waals surface area contributed by atoms with Crippen LogP contribution in [0.3, 0.4) is 0 Å². The third-order valence-electron chi connectivity index (χ3n) is 3.16. The van der Waals surface area contributed by atoms with Gasteiger partial charge in [0.05, 0.1) is 4.47 Å². The minimum Gasteiger partial charge on any atom is -0.327 e. The molecule has 1 rings (SSSR count). The van der Waals surface area contributed by atoms with E-state index in [-0.39, 0.29) is 10.0 Å². The van der Waals surface area contributed by atoms with E-state index in [1.54, 1.807) is 13.8 Å². The Morgan fingerprint density at radius 3 is 2.29 bits per heavy atom. The Hall–Kier alpha value is -1.11. The van der Waals surface area contributed by atoms with Crippen molar-refractivity contribution < 1.29 is 22.4 Å². The summed E-state index contributed by atoms with van der Waals surface area (Å²) in [5.74, 6) is -1.50. The van der Waals surface area contributed by atoms with Crippen molar-refractivity contribution in [3.63, 3.8) is 0 Å². The molecular weight excluding hydrogens is 354 g/mol. The van der Waals surface area contributed by atoms with Crippen molar-refractivity contribution in [2.24, 2.45) is 0 Å². The molecule has 0 atom stereocenters. The molecular formula is C14H16BrF4NO. The van der Waals surface area contributed by atoms with Crippen LogP contribution < -0.4 is 0 Å². The highest BCUT2D eigenvalue weighted by Crippen LogP contribution is 2.24. The number of benzene rings is 1. The van der Waals surface area contributed by atoms with Crippen LogP contribution in [0.15, 0.2) is 22.7 Å². The smallest absolute Gasteiger partial charge is 0.327 e. The van der Waals surface area contributed by atoms with Gasteiger partial charge in [-0.05, 0) is 47.0 Å². The lowest BCUT2D eigenvalue weighted by Gasteiger charge is -2.31. The average molecular weight is 370 g/mol. The van der Waals surface area contributed by atoms with E-state index < -0.39 is 30.5 Å². The third-order valence-corrected chi connectivity index (χ3v) is 3.80. The molecule has 2 nitrogen and oxygen atoms in total. The van der Waals surface area contributed by atoms with Crippen molar-refractivity contribution >= 4 is 21.8 Å². The Balaban J connectivity index is 3.11. The Labute approximate surface area is 129 Å². The minimum atomic E-state index is -4.49. The molecule has 0 unspecified atom stereocenters. The van der Waals surface area contributed by atoms with Crippen LogP contribution in [0, 0.1) is 5.82 Å². The standard InChI is InChI=1S/C14H16BrF4NO/c1-3-10(4-2)20(8-14(17,18)19)13(21)9-5-6-11(15)12(16)7-9/h5-7,10H,3-4,8H2,1-2H3. The molecule has 0 aliphatic heterocycles. The molecule has 0 fully saturated rings. The van der Waals surface area contributed by atoms with E-state index in [0.717, 1.165) is 11.0 Å². The van der Waals surface area contributed by atoms with E-state index in [1.807, 2.05) is 0 Å². The maximum atomic E-state index is 13.5. The molecule has 0 N–H and O–H groups in total. The molecule has 7 heteroatoms. The van der Waals surface area contributed by atoms with Crippen molar-refractivity contribution in [1.82, 2.24) is 4.90 Å². The summed E-state index contributed by atoms with van der Waals surface area (Å²) in [5, 5.41) is 0. The number of hydrogen-bond donors (Lipinski definition) is 0. The third kappa shape index (κ3) is 4.98. The summed E-state index contributed by atoms with van der Waals surface area (Å²) in [7, 11) is 0. The van der Waals surface area contributed by atoms with E-state index in [9.17, 15) is 22.4 Å². The summed E-state index contributed by atoms with van der Waals surface area (Å²) in [4.78, 5) is 13.1. The number of halogens is 5. The monoisotopic (exact) mass is 369 g/mol. The van der Waals surface area contributed by atoms with Crippen LogP contribution in [-0.4, -0.2) is 29.6 Å². The lowest BCUT2D eigenvalue weighted by molar-refractivity contribution is -0.144. The molecule has 0 aliphatic rings. The van der Waals surface area contributed by atoms with E-state index >= 15 is 0 Å². The van der Waals surface area contributed by atoms with Gasteiger partial charge in [0.15, 0.2) is 0 Å². The van der Waals surface area contributed by atoms with Crippen LogP contribution >= 0.6 is 15.9 Å². The van der Waals surface area contributed by atoms with Crippen molar-refractivity contribution in [1.29, 1.82) is 0 Å². The SMILES string of the molecule is CCC(CC)N(CC(F)(F)F)C(=O)c1ccc(Br)c(F)c1. The zero-order valence-corrected chi connectivity index (χ0v) is 13.3. The summed E-state index contributed by atoms with van der Waals surface area (Å²) in [5.41, 5.74) is -0.0909. The second-order valence-corrected chi connectivity index (χ2v) is 5.50. The predicted octanol–water partition coefficient (Wildman–Crippen LogP) is 4.78. The van der Waals surface area contributed by atoms with Crippen molar-refractivity contribution in [3.05, 3.63) is 34.1 Å². The summed E-state index contributed by atoms with van der Waals surface area (Å²) in [6.45, 7) is 2.09. The Morgan fingerprint density at radius 2 is 1.86 bits per heavy atom.